The molecule has 0 spiro atoms. The van der Waals surface area contributed by atoms with Crippen LogP contribution in [0.25, 0.3) is 0 Å². The zero-order valence-electron chi connectivity index (χ0n) is 16.4. The zero-order chi connectivity index (χ0) is 19.3. The molecule has 0 N–H and O–H groups in total. The van der Waals surface area contributed by atoms with Gasteiger partial charge in [0, 0.05) is 0 Å². The van der Waals surface area contributed by atoms with E-state index in [2.05, 4.69) is 130 Å². The molecule has 0 saturated heterocycles. The molecule has 3 rings (SSSR count). The zero-order valence-corrected chi connectivity index (χ0v) is 19.2. The Labute approximate surface area is 167 Å². The molecule has 0 radical (unpaired) electrons. The molecule has 0 saturated carbocycles. The molecule has 0 aliphatic carbocycles. The molecule has 0 heterocycles. The summed E-state index contributed by atoms with van der Waals surface area (Å²) in [6.45, 7) is 11.0. The van der Waals surface area contributed by atoms with Crippen molar-refractivity contribution in [1.29, 1.82) is 0 Å². The van der Waals surface area contributed by atoms with Crippen molar-refractivity contribution in [3.05, 3.63) is 101 Å². The van der Waals surface area contributed by atoms with Crippen molar-refractivity contribution in [1.82, 2.24) is 0 Å². The molecule has 0 aliphatic heterocycles. The first-order valence-electron chi connectivity index (χ1n) is 9.34. The Morgan fingerprint density at radius 1 is 0.667 bits per heavy atom. The molecule has 0 bridgehead atoms. The van der Waals surface area contributed by atoms with Gasteiger partial charge in [0.05, 0.1) is 0 Å². The minimum absolute atomic E-state index is 0.0510. The van der Waals surface area contributed by atoms with Crippen LogP contribution < -0.4 is 10.7 Å². The van der Waals surface area contributed by atoms with Crippen LogP contribution in [0.2, 0.25) is 0 Å². The number of hydrogen-bond acceptors (Lipinski definition) is 0. The summed E-state index contributed by atoms with van der Waals surface area (Å²) >= 11 is -3.51. The monoisotopic (exact) mass is 458 g/mol. The van der Waals surface area contributed by atoms with Crippen LogP contribution >= 0.6 is 0 Å². The van der Waals surface area contributed by atoms with Gasteiger partial charge < -0.3 is 0 Å². The molecular formula is C26H26Sn. The fraction of sp³-hybridized carbons (Fsp3) is 0.154. The first-order chi connectivity index (χ1) is 12.9. The van der Waals surface area contributed by atoms with E-state index in [0.717, 1.165) is 3.59 Å². The average molecular weight is 457 g/mol. The van der Waals surface area contributed by atoms with Crippen molar-refractivity contribution in [2.45, 2.75) is 20.8 Å². The normalized spacial score (nSPS) is 11.4. The number of hydrogen-bond donors (Lipinski definition) is 0. The van der Waals surface area contributed by atoms with E-state index >= 15 is 0 Å². The first kappa shape index (κ1) is 19.5. The number of allylic oxidation sites excluding steroid dienone is 1. The minimum atomic E-state index is -3.51. The molecule has 0 aromatic heterocycles. The Balaban J connectivity index is 2.36. The molecule has 134 valence electrons. The molecule has 3 aromatic carbocycles. The van der Waals surface area contributed by atoms with Crippen LogP contribution in [0.15, 0.2) is 101 Å². The van der Waals surface area contributed by atoms with Crippen LogP contribution in [0, 0.1) is 17.3 Å². The second-order valence-electron chi connectivity index (χ2n) is 7.83. The summed E-state index contributed by atoms with van der Waals surface area (Å²) in [7, 11) is 0. The van der Waals surface area contributed by atoms with Gasteiger partial charge in [0.2, 0.25) is 0 Å². The Kier molecular flexibility index (Phi) is 5.92. The van der Waals surface area contributed by atoms with Crippen LogP contribution in [-0.2, 0) is 0 Å². The third-order valence-electron chi connectivity index (χ3n) is 4.66. The van der Waals surface area contributed by atoms with Crippen LogP contribution in [-0.4, -0.2) is 18.4 Å². The molecule has 0 unspecified atom stereocenters. The average Bonchev–Trinajstić information content (AvgIpc) is 2.69. The summed E-state index contributed by atoms with van der Waals surface area (Å²) < 4.78 is 5.26. The van der Waals surface area contributed by atoms with E-state index in [4.69, 9.17) is 0 Å². The second-order valence-corrected chi connectivity index (χ2v) is 18.8. The van der Waals surface area contributed by atoms with Crippen molar-refractivity contribution in [2.75, 3.05) is 0 Å². The van der Waals surface area contributed by atoms with Gasteiger partial charge in [-0.1, -0.05) is 0 Å². The summed E-state index contributed by atoms with van der Waals surface area (Å²) in [5, 5.41) is 0. The van der Waals surface area contributed by atoms with E-state index in [1.807, 2.05) is 0 Å². The summed E-state index contributed by atoms with van der Waals surface area (Å²) in [5.74, 6) is 6.95. The van der Waals surface area contributed by atoms with Gasteiger partial charge in [-0.05, 0) is 0 Å². The molecule has 0 fully saturated rings. The Morgan fingerprint density at radius 2 is 1.00 bits per heavy atom. The number of rotatable bonds is 4. The van der Waals surface area contributed by atoms with Crippen LogP contribution in [0.5, 0.6) is 0 Å². The molecule has 0 amide bonds. The van der Waals surface area contributed by atoms with Gasteiger partial charge in [0.15, 0.2) is 0 Å². The molecular weight excluding hydrogens is 431 g/mol. The topological polar surface area (TPSA) is 0 Å². The van der Waals surface area contributed by atoms with Crippen LogP contribution in [0.1, 0.15) is 20.8 Å². The van der Waals surface area contributed by atoms with Gasteiger partial charge in [-0.3, -0.25) is 0 Å². The van der Waals surface area contributed by atoms with Crippen molar-refractivity contribution in [2.24, 2.45) is 5.41 Å². The van der Waals surface area contributed by atoms with E-state index in [-0.39, 0.29) is 5.41 Å². The maximum atomic E-state index is 4.58. The van der Waals surface area contributed by atoms with Gasteiger partial charge >= 0.3 is 168 Å². The number of benzene rings is 3. The van der Waals surface area contributed by atoms with Crippen LogP contribution in [0.4, 0.5) is 0 Å². The molecule has 0 nitrogen and oxygen atoms in total. The van der Waals surface area contributed by atoms with E-state index in [9.17, 15) is 0 Å². The summed E-state index contributed by atoms with van der Waals surface area (Å²) in [4.78, 5) is 0. The fourth-order valence-electron chi connectivity index (χ4n) is 3.44. The Bertz CT molecular complexity index is 856. The first-order valence-corrected chi connectivity index (χ1v) is 15.0. The van der Waals surface area contributed by atoms with Gasteiger partial charge in [-0.2, -0.15) is 0 Å². The quantitative estimate of drug-likeness (QED) is 0.405. The molecule has 27 heavy (non-hydrogen) atoms. The maximum absolute atomic E-state index is 4.58. The molecule has 1 heteroatoms. The SMILES string of the molecule is C=[C](C#CC(C)(C)C)[Sn]([c]1ccccc1)([c]1ccccc1)[c]1ccccc1. The summed E-state index contributed by atoms with van der Waals surface area (Å²) in [6, 6.07) is 32.7. The third-order valence-corrected chi connectivity index (χ3v) is 17.9. The molecule has 0 aliphatic rings. The van der Waals surface area contributed by atoms with Crippen LogP contribution in [0.3, 0.4) is 0 Å². The summed E-state index contributed by atoms with van der Waals surface area (Å²) in [5.41, 5.74) is -0.0510. The predicted molar refractivity (Wildman–Crippen MR) is 120 cm³/mol. The Hall–Kier alpha value is -2.24. The van der Waals surface area contributed by atoms with Gasteiger partial charge in [-0.15, -0.1) is 0 Å². The summed E-state index contributed by atoms with van der Waals surface area (Å²) in [6.07, 6.45) is 0. The fourth-order valence-corrected chi connectivity index (χ4v) is 15.9. The van der Waals surface area contributed by atoms with Gasteiger partial charge in [0.1, 0.15) is 0 Å². The van der Waals surface area contributed by atoms with Crippen molar-refractivity contribution in [3.8, 4) is 11.8 Å². The molecule has 0 atom stereocenters. The van der Waals surface area contributed by atoms with Gasteiger partial charge in [-0.25, -0.2) is 0 Å². The molecule has 3 aromatic rings. The van der Waals surface area contributed by atoms with E-state index < -0.39 is 18.4 Å². The van der Waals surface area contributed by atoms with E-state index in [1.54, 1.807) is 0 Å². The predicted octanol–water partition coefficient (Wildman–Crippen LogP) is 4.30. The van der Waals surface area contributed by atoms with E-state index in [1.165, 1.54) is 10.7 Å². The van der Waals surface area contributed by atoms with Crippen molar-refractivity contribution >= 4 is 29.1 Å². The third kappa shape index (κ3) is 4.20. The van der Waals surface area contributed by atoms with Crippen molar-refractivity contribution in [3.63, 3.8) is 0 Å². The Morgan fingerprint density at radius 3 is 1.30 bits per heavy atom. The van der Waals surface area contributed by atoms with Gasteiger partial charge in [0.25, 0.3) is 0 Å². The standard InChI is InChI=1S/C8H11.3C6H5.Sn/c1-5-6-7-8(2,3)4;3*1-2-4-6-5-3-1;/h1H2,2-4H3;3*1-5H;. The second kappa shape index (κ2) is 8.19. The van der Waals surface area contributed by atoms with E-state index in [0.29, 0.717) is 0 Å². The van der Waals surface area contributed by atoms with Crippen molar-refractivity contribution < 1.29 is 0 Å².